The van der Waals surface area contributed by atoms with Crippen molar-refractivity contribution in [3.8, 4) is 0 Å². The van der Waals surface area contributed by atoms with Gasteiger partial charge in [-0.05, 0) is 32.0 Å². The van der Waals surface area contributed by atoms with Crippen molar-refractivity contribution < 1.29 is 18.0 Å². The molecular formula is C12H15ClF3NOS. The van der Waals surface area contributed by atoms with Crippen LogP contribution in [0.1, 0.15) is 29.9 Å². The Morgan fingerprint density at radius 3 is 2.53 bits per heavy atom. The fourth-order valence-corrected chi connectivity index (χ4v) is 2.81. The third-order valence-corrected chi connectivity index (χ3v) is 3.88. The highest BCUT2D eigenvalue weighted by molar-refractivity contribution is 7.18. The predicted molar refractivity (Wildman–Crippen MR) is 71.0 cm³/mol. The lowest BCUT2D eigenvalue weighted by molar-refractivity contribution is -0.148. The van der Waals surface area contributed by atoms with E-state index in [9.17, 15) is 18.0 Å². The molecule has 1 rings (SSSR count). The molecular weight excluding hydrogens is 299 g/mol. The van der Waals surface area contributed by atoms with Crippen LogP contribution < -0.4 is 0 Å². The summed E-state index contributed by atoms with van der Waals surface area (Å²) in [5.74, 6) is -0.324. The topological polar surface area (TPSA) is 20.3 Å². The molecule has 0 radical (unpaired) electrons. The van der Waals surface area contributed by atoms with E-state index >= 15 is 0 Å². The van der Waals surface area contributed by atoms with Gasteiger partial charge in [-0.15, -0.1) is 11.3 Å². The third kappa shape index (κ3) is 5.12. The second-order valence-electron chi connectivity index (χ2n) is 4.23. The lowest BCUT2D eigenvalue weighted by atomic mass is 10.1. The van der Waals surface area contributed by atoms with Gasteiger partial charge in [0.15, 0.2) is 5.78 Å². The average molecular weight is 314 g/mol. The van der Waals surface area contributed by atoms with E-state index in [1.807, 2.05) is 0 Å². The van der Waals surface area contributed by atoms with Crippen molar-refractivity contribution in [1.82, 2.24) is 4.90 Å². The van der Waals surface area contributed by atoms with Crippen molar-refractivity contribution in [2.24, 2.45) is 0 Å². The Labute approximate surface area is 119 Å². The third-order valence-electron chi connectivity index (χ3n) is 2.64. The standard InChI is InChI=1S/C12H15ClF3NOS/c1-3-6-17(7-12(14,15)16)8(2)11(18)9-4-5-10(13)19-9/h4-5,8H,3,6-7H2,1-2H3. The zero-order chi connectivity index (χ0) is 14.6. The van der Waals surface area contributed by atoms with E-state index in [1.165, 1.54) is 6.92 Å². The second-order valence-corrected chi connectivity index (χ2v) is 5.94. The van der Waals surface area contributed by atoms with Crippen LogP contribution in [-0.4, -0.2) is 36.0 Å². The maximum absolute atomic E-state index is 12.5. The molecule has 0 aliphatic carbocycles. The molecule has 0 aromatic carbocycles. The zero-order valence-corrected chi connectivity index (χ0v) is 12.2. The molecule has 1 atom stereocenters. The first kappa shape index (κ1) is 16.5. The number of carbonyl (C=O) groups excluding carboxylic acids is 1. The molecule has 7 heteroatoms. The molecule has 0 bridgehead atoms. The molecule has 0 saturated heterocycles. The summed E-state index contributed by atoms with van der Waals surface area (Å²) in [5, 5.41) is 0. The predicted octanol–water partition coefficient (Wildman–Crippen LogP) is 4.25. The Bertz CT molecular complexity index is 433. The summed E-state index contributed by atoms with van der Waals surface area (Å²) in [7, 11) is 0. The van der Waals surface area contributed by atoms with Gasteiger partial charge in [0.05, 0.1) is 21.8 Å². The molecule has 1 heterocycles. The number of thiophene rings is 1. The van der Waals surface area contributed by atoms with Gasteiger partial charge in [0.25, 0.3) is 0 Å². The molecule has 0 saturated carbocycles. The van der Waals surface area contributed by atoms with Crippen LogP contribution in [0.15, 0.2) is 12.1 Å². The minimum Gasteiger partial charge on any atom is -0.291 e. The number of hydrogen-bond donors (Lipinski definition) is 0. The van der Waals surface area contributed by atoms with Crippen molar-refractivity contribution in [2.45, 2.75) is 32.5 Å². The van der Waals surface area contributed by atoms with Crippen molar-refractivity contribution in [2.75, 3.05) is 13.1 Å². The fraction of sp³-hybridized carbons (Fsp3) is 0.583. The van der Waals surface area contributed by atoms with Crippen LogP contribution in [0, 0.1) is 0 Å². The van der Waals surface area contributed by atoms with Crippen molar-refractivity contribution in [3.63, 3.8) is 0 Å². The molecule has 0 amide bonds. The number of alkyl halides is 3. The molecule has 1 unspecified atom stereocenters. The molecule has 0 spiro atoms. The molecule has 0 fully saturated rings. The van der Waals surface area contributed by atoms with Crippen molar-refractivity contribution in [3.05, 3.63) is 21.3 Å². The van der Waals surface area contributed by atoms with Crippen LogP contribution in [-0.2, 0) is 0 Å². The normalized spacial score (nSPS) is 13.8. The first-order valence-corrected chi connectivity index (χ1v) is 7.04. The Hall–Kier alpha value is -0.590. The molecule has 0 aliphatic rings. The van der Waals surface area contributed by atoms with Crippen LogP contribution in [0.2, 0.25) is 4.34 Å². The lowest BCUT2D eigenvalue weighted by Crippen LogP contribution is -2.44. The van der Waals surface area contributed by atoms with Crippen LogP contribution >= 0.6 is 22.9 Å². The number of carbonyl (C=O) groups is 1. The highest BCUT2D eigenvalue weighted by Crippen LogP contribution is 2.25. The quantitative estimate of drug-likeness (QED) is 0.732. The summed E-state index contributed by atoms with van der Waals surface area (Å²) in [6.07, 6.45) is -3.75. The van der Waals surface area contributed by atoms with Gasteiger partial charge in [-0.1, -0.05) is 18.5 Å². The van der Waals surface area contributed by atoms with E-state index in [2.05, 4.69) is 0 Å². The van der Waals surface area contributed by atoms with Crippen molar-refractivity contribution >= 4 is 28.7 Å². The average Bonchev–Trinajstić information content (AvgIpc) is 2.71. The minimum atomic E-state index is -4.31. The summed E-state index contributed by atoms with van der Waals surface area (Å²) in [6.45, 7) is 2.43. The number of halogens is 4. The number of nitrogens with zero attached hydrogens (tertiary/aromatic N) is 1. The van der Waals surface area contributed by atoms with Gasteiger partial charge < -0.3 is 0 Å². The maximum Gasteiger partial charge on any atom is 0.401 e. The van der Waals surface area contributed by atoms with Gasteiger partial charge in [-0.25, -0.2) is 0 Å². The Kier molecular flexibility index (Phi) is 5.82. The number of Topliss-reactive ketones (excluding diaryl/α,β-unsaturated/α-hetero) is 1. The highest BCUT2D eigenvalue weighted by Gasteiger charge is 2.34. The van der Waals surface area contributed by atoms with Gasteiger partial charge in [-0.3, -0.25) is 9.69 Å². The first-order chi connectivity index (χ1) is 8.74. The monoisotopic (exact) mass is 313 g/mol. The van der Waals surface area contributed by atoms with E-state index in [0.717, 1.165) is 16.2 Å². The highest BCUT2D eigenvalue weighted by atomic mass is 35.5. The van der Waals surface area contributed by atoms with E-state index in [1.54, 1.807) is 19.1 Å². The molecule has 108 valence electrons. The summed E-state index contributed by atoms with van der Waals surface area (Å²) in [4.78, 5) is 13.6. The van der Waals surface area contributed by atoms with E-state index < -0.39 is 18.8 Å². The minimum absolute atomic E-state index is 0.228. The van der Waals surface area contributed by atoms with Gasteiger partial charge in [0.1, 0.15) is 0 Å². The lowest BCUT2D eigenvalue weighted by Gasteiger charge is -2.28. The van der Waals surface area contributed by atoms with Crippen LogP contribution in [0.4, 0.5) is 13.2 Å². The summed E-state index contributed by atoms with van der Waals surface area (Å²) < 4.78 is 37.9. The second kappa shape index (κ2) is 6.72. The summed E-state index contributed by atoms with van der Waals surface area (Å²) in [5.41, 5.74) is 0. The Balaban J connectivity index is 2.81. The number of rotatable bonds is 6. The fourth-order valence-electron chi connectivity index (χ4n) is 1.75. The van der Waals surface area contributed by atoms with Crippen LogP contribution in [0.3, 0.4) is 0 Å². The SMILES string of the molecule is CCCN(CC(F)(F)F)C(C)C(=O)c1ccc(Cl)s1. The van der Waals surface area contributed by atoms with Crippen LogP contribution in [0.5, 0.6) is 0 Å². The van der Waals surface area contributed by atoms with E-state index in [4.69, 9.17) is 11.6 Å². The van der Waals surface area contributed by atoms with Crippen molar-refractivity contribution in [1.29, 1.82) is 0 Å². The Morgan fingerprint density at radius 2 is 2.11 bits per heavy atom. The van der Waals surface area contributed by atoms with Gasteiger partial charge in [-0.2, -0.15) is 13.2 Å². The van der Waals surface area contributed by atoms with E-state index in [-0.39, 0.29) is 12.3 Å². The van der Waals surface area contributed by atoms with Gasteiger partial charge in [0, 0.05) is 0 Å². The van der Waals surface area contributed by atoms with Gasteiger partial charge in [0.2, 0.25) is 0 Å². The Morgan fingerprint density at radius 1 is 1.47 bits per heavy atom. The number of hydrogen-bond acceptors (Lipinski definition) is 3. The van der Waals surface area contributed by atoms with Crippen LogP contribution in [0.25, 0.3) is 0 Å². The summed E-state index contributed by atoms with van der Waals surface area (Å²) >= 11 is 6.81. The number of ketones is 1. The summed E-state index contributed by atoms with van der Waals surface area (Å²) in [6, 6.07) is 2.31. The smallest absolute Gasteiger partial charge is 0.291 e. The molecule has 19 heavy (non-hydrogen) atoms. The molecule has 1 aromatic heterocycles. The molecule has 2 nitrogen and oxygen atoms in total. The van der Waals surface area contributed by atoms with Gasteiger partial charge >= 0.3 is 6.18 Å². The molecule has 0 aliphatic heterocycles. The van der Waals surface area contributed by atoms with E-state index in [0.29, 0.717) is 15.6 Å². The first-order valence-electron chi connectivity index (χ1n) is 5.85. The zero-order valence-electron chi connectivity index (χ0n) is 10.6. The molecule has 0 N–H and O–H groups in total. The molecule has 1 aromatic rings. The largest absolute Gasteiger partial charge is 0.401 e. The maximum atomic E-state index is 12.5.